The molecule has 98 valence electrons. The fraction of sp³-hybridized carbons (Fsp3) is 1.00. The average molecular weight is 226 g/mol. The van der Waals surface area contributed by atoms with Crippen molar-refractivity contribution in [2.45, 2.75) is 80.1 Å². The molecule has 0 aliphatic rings. The monoisotopic (exact) mass is 226 g/mol. The fourth-order valence-corrected chi connectivity index (χ4v) is 2.56. The van der Waals surface area contributed by atoms with Gasteiger partial charge in [0.15, 0.2) is 0 Å². The number of hydrogen-bond acceptors (Lipinski definition) is 0. The Balaban J connectivity index is 4.14. The summed E-state index contributed by atoms with van der Waals surface area (Å²) < 4.78 is 0. The molecule has 0 saturated carbocycles. The van der Waals surface area contributed by atoms with E-state index < -0.39 is 0 Å². The molecular formula is C16H34. The molecule has 0 rings (SSSR count). The zero-order chi connectivity index (χ0) is 12.6. The van der Waals surface area contributed by atoms with Gasteiger partial charge in [0, 0.05) is 0 Å². The van der Waals surface area contributed by atoms with Crippen molar-refractivity contribution in [2.75, 3.05) is 0 Å². The molecule has 0 saturated heterocycles. The van der Waals surface area contributed by atoms with Gasteiger partial charge in [-0.05, 0) is 36.5 Å². The van der Waals surface area contributed by atoms with Gasteiger partial charge in [0.2, 0.25) is 0 Å². The summed E-state index contributed by atoms with van der Waals surface area (Å²) in [6.07, 6.45) is 8.42. The second-order valence-corrected chi connectivity index (χ2v) is 6.25. The van der Waals surface area contributed by atoms with Crippen LogP contribution in [0.2, 0.25) is 0 Å². The van der Waals surface area contributed by atoms with E-state index in [2.05, 4.69) is 41.5 Å². The van der Waals surface area contributed by atoms with Gasteiger partial charge in [0.25, 0.3) is 0 Å². The van der Waals surface area contributed by atoms with E-state index in [1.54, 1.807) is 0 Å². The third-order valence-electron chi connectivity index (χ3n) is 4.07. The van der Waals surface area contributed by atoms with Crippen LogP contribution in [0.15, 0.2) is 0 Å². The average Bonchev–Trinajstić information content (AvgIpc) is 2.23. The topological polar surface area (TPSA) is 0 Å². The second-order valence-electron chi connectivity index (χ2n) is 6.25. The van der Waals surface area contributed by atoms with Gasteiger partial charge in [-0.15, -0.1) is 0 Å². The van der Waals surface area contributed by atoms with E-state index in [1.165, 1.54) is 38.5 Å². The SMILES string of the molecule is CCCC(C)C(CCC(C)C)CC(C)CC. The minimum Gasteiger partial charge on any atom is -0.0654 e. The summed E-state index contributed by atoms with van der Waals surface area (Å²) in [4.78, 5) is 0. The van der Waals surface area contributed by atoms with Crippen LogP contribution in [0, 0.1) is 23.7 Å². The highest BCUT2D eigenvalue weighted by atomic mass is 14.2. The molecule has 16 heavy (non-hydrogen) atoms. The Morgan fingerprint density at radius 3 is 1.88 bits per heavy atom. The maximum Gasteiger partial charge on any atom is -0.0386 e. The van der Waals surface area contributed by atoms with Crippen LogP contribution in [0.1, 0.15) is 80.1 Å². The molecule has 0 aromatic carbocycles. The van der Waals surface area contributed by atoms with Crippen LogP contribution in [-0.4, -0.2) is 0 Å². The maximum absolute atomic E-state index is 2.47. The summed E-state index contributed by atoms with van der Waals surface area (Å²) in [5.41, 5.74) is 0. The van der Waals surface area contributed by atoms with Crippen molar-refractivity contribution in [3.63, 3.8) is 0 Å². The summed E-state index contributed by atoms with van der Waals surface area (Å²) in [7, 11) is 0. The first-order chi connectivity index (χ1) is 7.51. The van der Waals surface area contributed by atoms with Gasteiger partial charge in [-0.2, -0.15) is 0 Å². The lowest BCUT2D eigenvalue weighted by Gasteiger charge is -2.27. The lowest BCUT2D eigenvalue weighted by Crippen LogP contribution is -2.16. The fourth-order valence-electron chi connectivity index (χ4n) is 2.56. The largest absolute Gasteiger partial charge is 0.0654 e. The highest BCUT2D eigenvalue weighted by Crippen LogP contribution is 2.30. The molecule has 0 aromatic rings. The Bertz CT molecular complexity index is 148. The summed E-state index contributed by atoms with van der Waals surface area (Å²) in [6.45, 7) is 14.2. The summed E-state index contributed by atoms with van der Waals surface area (Å²) in [5, 5.41) is 0. The minimum atomic E-state index is 0.869. The van der Waals surface area contributed by atoms with Crippen LogP contribution in [0.5, 0.6) is 0 Å². The van der Waals surface area contributed by atoms with E-state index in [4.69, 9.17) is 0 Å². The van der Waals surface area contributed by atoms with Crippen LogP contribution in [-0.2, 0) is 0 Å². The van der Waals surface area contributed by atoms with Crippen molar-refractivity contribution in [2.24, 2.45) is 23.7 Å². The van der Waals surface area contributed by atoms with Gasteiger partial charge in [-0.1, -0.05) is 67.2 Å². The Morgan fingerprint density at radius 2 is 1.44 bits per heavy atom. The Morgan fingerprint density at radius 1 is 0.812 bits per heavy atom. The molecule has 0 aliphatic heterocycles. The van der Waals surface area contributed by atoms with Crippen LogP contribution in [0.3, 0.4) is 0 Å². The molecule has 0 heterocycles. The van der Waals surface area contributed by atoms with Gasteiger partial charge in [0.05, 0.1) is 0 Å². The second kappa shape index (κ2) is 9.07. The van der Waals surface area contributed by atoms with E-state index in [-0.39, 0.29) is 0 Å². The van der Waals surface area contributed by atoms with Gasteiger partial charge >= 0.3 is 0 Å². The molecule has 0 aliphatic carbocycles. The molecule has 0 heteroatoms. The van der Waals surface area contributed by atoms with Gasteiger partial charge in [0.1, 0.15) is 0 Å². The third kappa shape index (κ3) is 7.30. The van der Waals surface area contributed by atoms with Crippen LogP contribution >= 0.6 is 0 Å². The van der Waals surface area contributed by atoms with Crippen molar-refractivity contribution in [1.82, 2.24) is 0 Å². The Labute approximate surface area is 104 Å². The highest BCUT2D eigenvalue weighted by Gasteiger charge is 2.18. The van der Waals surface area contributed by atoms with E-state index in [9.17, 15) is 0 Å². The molecule has 0 N–H and O–H groups in total. The van der Waals surface area contributed by atoms with Crippen LogP contribution in [0.25, 0.3) is 0 Å². The predicted molar refractivity (Wildman–Crippen MR) is 75.7 cm³/mol. The van der Waals surface area contributed by atoms with Crippen molar-refractivity contribution >= 4 is 0 Å². The van der Waals surface area contributed by atoms with Crippen LogP contribution < -0.4 is 0 Å². The molecule has 3 unspecified atom stereocenters. The standard InChI is InChI=1S/C16H34/c1-7-9-15(6)16(11-10-13(3)4)12-14(5)8-2/h13-16H,7-12H2,1-6H3. The molecule has 0 nitrogen and oxygen atoms in total. The molecule has 3 atom stereocenters. The Kier molecular flexibility index (Phi) is 9.07. The summed E-state index contributed by atoms with van der Waals surface area (Å²) >= 11 is 0. The maximum atomic E-state index is 2.47. The predicted octanol–water partition coefficient (Wildman–Crippen LogP) is 5.91. The van der Waals surface area contributed by atoms with Crippen molar-refractivity contribution < 1.29 is 0 Å². The van der Waals surface area contributed by atoms with E-state index in [1.807, 2.05) is 0 Å². The summed E-state index contributed by atoms with van der Waals surface area (Å²) in [6, 6.07) is 0. The molecule has 0 fully saturated rings. The van der Waals surface area contributed by atoms with Gasteiger partial charge < -0.3 is 0 Å². The highest BCUT2D eigenvalue weighted by molar-refractivity contribution is 4.70. The zero-order valence-corrected chi connectivity index (χ0v) is 12.6. The first kappa shape index (κ1) is 16.0. The molecule has 0 aromatic heterocycles. The Hall–Kier alpha value is 0. The number of hydrogen-bond donors (Lipinski definition) is 0. The quantitative estimate of drug-likeness (QED) is 0.458. The van der Waals surface area contributed by atoms with Gasteiger partial charge in [-0.25, -0.2) is 0 Å². The van der Waals surface area contributed by atoms with E-state index >= 15 is 0 Å². The molecule has 0 amide bonds. The number of rotatable bonds is 9. The summed E-state index contributed by atoms with van der Waals surface area (Å²) in [5.74, 6) is 3.68. The first-order valence-corrected chi connectivity index (χ1v) is 7.51. The molecule has 0 radical (unpaired) electrons. The van der Waals surface area contributed by atoms with Crippen LogP contribution in [0.4, 0.5) is 0 Å². The zero-order valence-electron chi connectivity index (χ0n) is 12.6. The lowest BCUT2D eigenvalue weighted by molar-refractivity contribution is 0.244. The van der Waals surface area contributed by atoms with Crippen molar-refractivity contribution in [1.29, 1.82) is 0 Å². The van der Waals surface area contributed by atoms with E-state index in [0.29, 0.717) is 0 Å². The van der Waals surface area contributed by atoms with E-state index in [0.717, 1.165) is 23.7 Å². The lowest BCUT2D eigenvalue weighted by atomic mass is 9.79. The molecule has 0 spiro atoms. The van der Waals surface area contributed by atoms with Crippen molar-refractivity contribution in [3.05, 3.63) is 0 Å². The minimum absolute atomic E-state index is 0.869. The van der Waals surface area contributed by atoms with Gasteiger partial charge in [-0.3, -0.25) is 0 Å². The smallest absolute Gasteiger partial charge is 0.0386 e. The normalized spacial score (nSPS) is 17.4. The molecule has 0 bridgehead atoms. The first-order valence-electron chi connectivity index (χ1n) is 7.51. The molecular weight excluding hydrogens is 192 g/mol. The van der Waals surface area contributed by atoms with Crippen molar-refractivity contribution in [3.8, 4) is 0 Å². The third-order valence-corrected chi connectivity index (χ3v) is 4.07.